The molecule has 15 heavy (non-hydrogen) atoms. The van der Waals surface area contributed by atoms with Crippen molar-refractivity contribution in [3.05, 3.63) is 0 Å². The lowest BCUT2D eigenvalue weighted by molar-refractivity contribution is -0.127. The Balaban J connectivity index is 4.20. The van der Waals surface area contributed by atoms with Gasteiger partial charge in [0.2, 0.25) is 5.91 Å². The molecular formula is C11H24N2O2. The fourth-order valence-corrected chi connectivity index (χ4v) is 0.880. The van der Waals surface area contributed by atoms with Crippen LogP contribution in [0.4, 0.5) is 0 Å². The van der Waals surface area contributed by atoms with Gasteiger partial charge in [-0.25, -0.2) is 0 Å². The lowest BCUT2D eigenvalue weighted by atomic mass is 10.0. The number of hydrogen-bond acceptors (Lipinski definition) is 3. The monoisotopic (exact) mass is 216 g/mol. The van der Waals surface area contributed by atoms with Crippen LogP contribution in [0.1, 0.15) is 41.5 Å². The third-order valence-electron chi connectivity index (χ3n) is 1.81. The van der Waals surface area contributed by atoms with Crippen LogP contribution in [-0.4, -0.2) is 29.7 Å². The van der Waals surface area contributed by atoms with Gasteiger partial charge in [-0.05, 0) is 41.5 Å². The molecule has 0 rings (SSSR count). The van der Waals surface area contributed by atoms with Crippen molar-refractivity contribution in [3.8, 4) is 0 Å². The maximum absolute atomic E-state index is 11.6. The average Bonchev–Trinajstić information content (AvgIpc) is 1.98. The van der Waals surface area contributed by atoms with Crippen molar-refractivity contribution in [3.63, 3.8) is 0 Å². The van der Waals surface area contributed by atoms with Gasteiger partial charge in [-0.2, -0.15) is 0 Å². The summed E-state index contributed by atoms with van der Waals surface area (Å²) in [5.74, 6) is -0.167. The Bertz CT molecular complexity index is 217. The first-order valence-corrected chi connectivity index (χ1v) is 5.28. The summed E-state index contributed by atoms with van der Waals surface area (Å²) in [7, 11) is 0. The standard InChI is InChI=1S/C11H24N2O2/c1-8(2)15-7-10(3,4)13-9(14)11(5,6)12/h8H,7,12H2,1-6H3,(H,13,14). The molecule has 0 heterocycles. The summed E-state index contributed by atoms with van der Waals surface area (Å²) in [6.07, 6.45) is 0.159. The van der Waals surface area contributed by atoms with Crippen LogP contribution >= 0.6 is 0 Å². The molecule has 0 unspecified atom stereocenters. The first-order chi connectivity index (χ1) is 6.54. The van der Waals surface area contributed by atoms with Crippen LogP contribution in [0, 0.1) is 0 Å². The summed E-state index contributed by atoms with van der Waals surface area (Å²) in [5.41, 5.74) is 4.45. The third-order valence-corrected chi connectivity index (χ3v) is 1.81. The van der Waals surface area contributed by atoms with Crippen molar-refractivity contribution in [1.29, 1.82) is 0 Å². The Morgan fingerprint density at radius 1 is 1.33 bits per heavy atom. The molecule has 4 nitrogen and oxygen atoms in total. The molecule has 0 aliphatic rings. The number of amides is 1. The first-order valence-electron chi connectivity index (χ1n) is 5.28. The van der Waals surface area contributed by atoms with E-state index in [0.717, 1.165) is 0 Å². The van der Waals surface area contributed by atoms with Crippen LogP contribution in [0.2, 0.25) is 0 Å². The average molecular weight is 216 g/mol. The molecule has 0 saturated heterocycles. The highest BCUT2D eigenvalue weighted by Gasteiger charge is 2.28. The maximum atomic E-state index is 11.6. The largest absolute Gasteiger partial charge is 0.376 e. The van der Waals surface area contributed by atoms with Gasteiger partial charge in [0.05, 0.1) is 23.8 Å². The second kappa shape index (κ2) is 4.94. The molecule has 0 aliphatic heterocycles. The Morgan fingerprint density at radius 3 is 2.13 bits per heavy atom. The number of nitrogens with one attached hydrogen (secondary N) is 1. The van der Waals surface area contributed by atoms with Gasteiger partial charge in [0.25, 0.3) is 0 Å². The zero-order valence-corrected chi connectivity index (χ0v) is 10.7. The van der Waals surface area contributed by atoms with Gasteiger partial charge in [-0.1, -0.05) is 0 Å². The zero-order chi connectivity index (χ0) is 12.3. The number of ether oxygens (including phenoxy) is 1. The summed E-state index contributed by atoms with van der Waals surface area (Å²) >= 11 is 0. The number of rotatable bonds is 5. The van der Waals surface area contributed by atoms with Crippen LogP contribution in [0.15, 0.2) is 0 Å². The lowest BCUT2D eigenvalue weighted by Gasteiger charge is -2.30. The smallest absolute Gasteiger partial charge is 0.239 e. The van der Waals surface area contributed by atoms with Gasteiger partial charge in [0.1, 0.15) is 0 Å². The highest BCUT2D eigenvalue weighted by Crippen LogP contribution is 2.07. The molecule has 1 amide bonds. The molecule has 0 fully saturated rings. The molecule has 0 aromatic rings. The van der Waals surface area contributed by atoms with E-state index in [2.05, 4.69) is 5.32 Å². The minimum Gasteiger partial charge on any atom is -0.376 e. The molecule has 0 spiro atoms. The van der Waals surface area contributed by atoms with E-state index in [-0.39, 0.29) is 12.0 Å². The molecule has 0 saturated carbocycles. The predicted molar refractivity (Wildman–Crippen MR) is 61.6 cm³/mol. The van der Waals surface area contributed by atoms with Crippen LogP contribution in [0.25, 0.3) is 0 Å². The molecule has 3 N–H and O–H groups in total. The molecule has 0 aliphatic carbocycles. The second-order valence-corrected chi connectivity index (χ2v) is 5.42. The molecule has 0 bridgehead atoms. The van der Waals surface area contributed by atoms with Crippen LogP contribution in [-0.2, 0) is 9.53 Å². The quantitative estimate of drug-likeness (QED) is 0.722. The fraction of sp³-hybridized carbons (Fsp3) is 0.909. The van der Waals surface area contributed by atoms with Crippen molar-refractivity contribution in [2.24, 2.45) is 5.73 Å². The predicted octanol–water partition coefficient (Wildman–Crippen LogP) is 1.04. The molecular weight excluding hydrogens is 192 g/mol. The third kappa shape index (κ3) is 6.47. The van der Waals surface area contributed by atoms with Crippen molar-refractivity contribution < 1.29 is 9.53 Å². The topological polar surface area (TPSA) is 64.3 Å². The highest BCUT2D eigenvalue weighted by atomic mass is 16.5. The van der Waals surface area contributed by atoms with Crippen molar-refractivity contribution in [2.45, 2.75) is 58.7 Å². The summed E-state index contributed by atoms with van der Waals surface area (Å²) in [6.45, 7) is 11.6. The highest BCUT2D eigenvalue weighted by molar-refractivity contribution is 5.85. The van der Waals surface area contributed by atoms with E-state index < -0.39 is 11.1 Å². The van der Waals surface area contributed by atoms with E-state index in [1.165, 1.54) is 0 Å². The normalized spacial score (nSPS) is 13.1. The molecule has 0 atom stereocenters. The Morgan fingerprint density at radius 2 is 1.80 bits per heavy atom. The zero-order valence-electron chi connectivity index (χ0n) is 10.7. The first kappa shape index (κ1) is 14.4. The van der Waals surface area contributed by atoms with E-state index in [1.54, 1.807) is 13.8 Å². The van der Waals surface area contributed by atoms with Crippen molar-refractivity contribution in [1.82, 2.24) is 5.32 Å². The lowest BCUT2D eigenvalue weighted by Crippen LogP contribution is -2.57. The number of carbonyl (C=O) groups excluding carboxylic acids is 1. The number of nitrogens with two attached hydrogens (primary N) is 1. The Hall–Kier alpha value is -0.610. The van der Waals surface area contributed by atoms with E-state index in [1.807, 2.05) is 27.7 Å². The SMILES string of the molecule is CC(C)OCC(C)(C)NC(=O)C(C)(C)N. The van der Waals surface area contributed by atoms with Gasteiger partial charge in [-0.3, -0.25) is 4.79 Å². The molecule has 90 valence electrons. The Kier molecular flexibility index (Phi) is 4.74. The van der Waals surface area contributed by atoms with Crippen molar-refractivity contribution >= 4 is 5.91 Å². The summed E-state index contributed by atoms with van der Waals surface area (Å²) < 4.78 is 5.46. The van der Waals surface area contributed by atoms with Crippen LogP contribution < -0.4 is 11.1 Å². The maximum Gasteiger partial charge on any atom is 0.239 e. The number of carbonyl (C=O) groups is 1. The Labute approximate surface area is 92.6 Å². The summed E-state index contributed by atoms with van der Waals surface area (Å²) in [4.78, 5) is 11.6. The van der Waals surface area contributed by atoms with E-state index in [9.17, 15) is 4.79 Å². The molecule has 0 radical (unpaired) electrons. The van der Waals surface area contributed by atoms with E-state index in [4.69, 9.17) is 10.5 Å². The van der Waals surface area contributed by atoms with Crippen LogP contribution in [0.5, 0.6) is 0 Å². The van der Waals surface area contributed by atoms with Crippen molar-refractivity contribution in [2.75, 3.05) is 6.61 Å². The second-order valence-electron chi connectivity index (χ2n) is 5.42. The van der Waals surface area contributed by atoms with Gasteiger partial charge >= 0.3 is 0 Å². The van der Waals surface area contributed by atoms with Gasteiger partial charge < -0.3 is 15.8 Å². The van der Waals surface area contributed by atoms with E-state index >= 15 is 0 Å². The van der Waals surface area contributed by atoms with Gasteiger partial charge in [0.15, 0.2) is 0 Å². The minimum atomic E-state index is -0.852. The molecule has 4 heteroatoms. The fourth-order valence-electron chi connectivity index (χ4n) is 0.880. The minimum absolute atomic E-state index is 0.159. The van der Waals surface area contributed by atoms with E-state index in [0.29, 0.717) is 6.61 Å². The van der Waals surface area contributed by atoms with Crippen LogP contribution in [0.3, 0.4) is 0 Å². The van der Waals surface area contributed by atoms with Gasteiger partial charge in [-0.15, -0.1) is 0 Å². The van der Waals surface area contributed by atoms with Gasteiger partial charge in [0, 0.05) is 0 Å². The number of hydrogen-bond donors (Lipinski definition) is 2. The summed E-state index contributed by atoms with van der Waals surface area (Å²) in [6, 6.07) is 0. The molecule has 0 aromatic carbocycles. The molecule has 0 aromatic heterocycles. The summed E-state index contributed by atoms with van der Waals surface area (Å²) in [5, 5.41) is 2.86.